The third kappa shape index (κ3) is 4.80. The van der Waals surface area contributed by atoms with E-state index in [1.54, 1.807) is 54.7 Å². The van der Waals surface area contributed by atoms with Crippen molar-refractivity contribution in [1.29, 1.82) is 5.26 Å². The number of carbonyl (C=O) groups is 2. The van der Waals surface area contributed by atoms with Crippen LogP contribution in [0.15, 0.2) is 54.7 Å². The lowest BCUT2D eigenvalue weighted by molar-refractivity contribution is -0.122. The molecule has 0 aliphatic carbocycles. The van der Waals surface area contributed by atoms with Gasteiger partial charge in [0.15, 0.2) is 0 Å². The second kappa shape index (κ2) is 9.81. The molecule has 2 heterocycles. The van der Waals surface area contributed by atoms with Gasteiger partial charge in [0, 0.05) is 29.9 Å². The molecule has 1 N–H and O–H groups in total. The monoisotopic (exact) mass is 476 g/mol. The number of ether oxygens (including phenoxy) is 2. The molecule has 172 valence electrons. The summed E-state index contributed by atoms with van der Waals surface area (Å²) in [6, 6.07) is 15.5. The normalized spacial score (nSPS) is 15.1. The molecular formula is C25H21ClN4O4. The van der Waals surface area contributed by atoms with Crippen LogP contribution in [0.1, 0.15) is 17.5 Å². The summed E-state index contributed by atoms with van der Waals surface area (Å²) in [5.41, 5.74) is 2.23. The number of aryl methyl sites for hydroxylation is 1. The minimum Gasteiger partial charge on any atom is -0.495 e. The first-order valence-electron chi connectivity index (χ1n) is 10.5. The van der Waals surface area contributed by atoms with Gasteiger partial charge in [-0.3, -0.25) is 9.59 Å². The lowest BCUT2D eigenvalue weighted by Gasteiger charge is -2.20. The Morgan fingerprint density at radius 3 is 2.82 bits per heavy atom. The number of nitrogens with zero attached hydrogens (tertiary/aromatic N) is 3. The summed E-state index contributed by atoms with van der Waals surface area (Å²) in [7, 11) is 1.52. The number of rotatable bonds is 6. The zero-order valence-electron chi connectivity index (χ0n) is 18.5. The standard InChI is InChI=1S/C25H21ClN4O4/c1-15-10-19(34-25-16(13-27)4-3-9-28-25)6-7-20(15)29-24(32)17-11-23(31)30(14-17)21-12-18(26)5-8-22(21)33-2/h3-10,12,17H,11,14H2,1-2H3,(H,29,32). The van der Waals surface area contributed by atoms with E-state index in [0.29, 0.717) is 33.5 Å². The summed E-state index contributed by atoms with van der Waals surface area (Å²) in [4.78, 5) is 31.2. The molecule has 0 bridgehead atoms. The molecule has 34 heavy (non-hydrogen) atoms. The number of methoxy groups -OCH3 is 1. The largest absolute Gasteiger partial charge is 0.495 e. The lowest BCUT2D eigenvalue weighted by Crippen LogP contribution is -2.28. The van der Waals surface area contributed by atoms with Gasteiger partial charge in [0.05, 0.1) is 18.7 Å². The maximum atomic E-state index is 12.9. The van der Waals surface area contributed by atoms with Crippen LogP contribution in [0.25, 0.3) is 0 Å². The van der Waals surface area contributed by atoms with E-state index in [0.717, 1.165) is 5.56 Å². The Labute approximate surface area is 201 Å². The molecule has 1 saturated heterocycles. The predicted octanol–water partition coefficient (Wildman–Crippen LogP) is 4.71. The molecule has 8 nitrogen and oxygen atoms in total. The second-order valence-electron chi connectivity index (χ2n) is 7.76. The van der Waals surface area contributed by atoms with Gasteiger partial charge in [-0.25, -0.2) is 4.98 Å². The van der Waals surface area contributed by atoms with E-state index in [9.17, 15) is 14.9 Å². The highest BCUT2D eigenvalue weighted by atomic mass is 35.5. The van der Waals surface area contributed by atoms with E-state index in [1.807, 2.05) is 13.0 Å². The van der Waals surface area contributed by atoms with Crippen LogP contribution in [0.4, 0.5) is 11.4 Å². The number of hydrogen-bond donors (Lipinski definition) is 1. The van der Waals surface area contributed by atoms with Crippen molar-refractivity contribution in [2.75, 3.05) is 23.9 Å². The molecule has 0 radical (unpaired) electrons. The topological polar surface area (TPSA) is 105 Å². The van der Waals surface area contributed by atoms with Crippen LogP contribution in [-0.4, -0.2) is 30.5 Å². The van der Waals surface area contributed by atoms with Crippen molar-refractivity contribution >= 4 is 34.8 Å². The van der Waals surface area contributed by atoms with Gasteiger partial charge >= 0.3 is 0 Å². The maximum Gasteiger partial charge on any atom is 0.237 e. The number of aromatic nitrogens is 1. The third-order valence-corrected chi connectivity index (χ3v) is 5.72. The molecule has 0 saturated carbocycles. The smallest absolute Gasteiger partial charge is 0.237 e. The van der Waals surface area contributed by atoms with Crippen molar-refractivity contribution in [3.05, 3.63) is 70.9 Å². The van der Waals surface area contributed by atoms with Crippen molar-refractivity contribution < 1.29 is 19.1 Å². The Hall–Kier alpha value is -4.09. The number of pyridine rings is 1. The summed E-state index contributed by atoms with van der Waals surface area (Å²) in [5.74, 6) is 0.244. The third-order valence-electron chi connectivity index (χ3n) is 5.49. The fraction of sp³-hybridized carbons (Fsp3) is 0.200. The molecule has 1 atom stereocenters. The van der Waals surface area contributed by atoms with Crippen molar-refractivity contribution in [3.63, 3.8) is 0 Å². The van der Waals surface area contributed by atoms with Crippen molar-refractivity contribution in [1.82, 2.24) is 4.98 Å². The fourth-order valence-corrected chi connectivity index (χ4v) is 3.90. The summed E-state index contributed by atoms with van der Waals surface area (Å²) >= 11 is 6.10. The van der Waals surface area contributed by atoms with Gasteiger partial charge in [0.1, 0.15) is 23.1 Å². The summed E-state index contributed by atoms with van der Waals surface area (Å²) in [6.07, 6.45) is 1.63. The molecule has 2 amide bonds. The van der Waals surface area contributed by atoms with E-state index >= 15 is 0 Å². The van der Waals surface area contributed by atoms with Crippen LogP contribution in [0.2, 0.25) is 5.02 Å². The van der Waals surface area contributed by atoms with Gasteiger partial charge in [0.25, 0.3) is 0 Å². The Bertz CT molecular complexity index is 1300. The maximum absolute atomic E-state index is 12.9. The minimum atomic E-state index is -0.529. The Morgan fingerprint density at radius 1 is 1.26 bits per heavy atom. The Balaban J connectivity index is 1.46. The zero-order valence-corrected chi connectivity index (χ0v) is 19.3. The molecule has 2 aromatic carbocycles. The fourth-order valence-electron chi connectivity index (χ4n) is 3.73. The quantitative estimate of drug-likeness (QED) is 0.552. The molecule has 3 aromatic rings. The molecule has 1 aromatic heterocycles. The molecule has 0 spiro atoms. The van der Waals surface area contributed by atoms with E-state index in [4.69, 9.17) is 21.1 Å². The average molecular weight is 477 g/mol. The molecule has 1 aliphatic rings. The van der Waals surface area contributed by atoms with Gasteiger partial charge in [-0.2, -0.15) is 5.26 Å². The van der Waals surface area contributed by atoms with E-state index in [-0.39, 0.29) is 30.7 Å². The van der Waals surface area contributed by atoms with E-state index < -0.39 is 5.92 Å². The second-order valence-corrected chi connectivity index (χ2v) is 8.19. The molecule has 4 rings (SSSR count). The van der Waals surface area contributed by atoms with Gasteiger partial charge in [0.2, 0.25) is 17.7 Å². The van der Waals surface area contributed by atoms with Gasteiger partial charge in [-0.15, -0.1) is 0 Å². The molecule has 1 unspecified atom stereocenters. The lowest BCUT2D eigenvalue weighted by atomic mass is 10.1. The number of halogens is 1. The first-order chi connectivity index (χ1) is 16.4. The van der Waals surface area contributed by atoms with Crippen molar-refractivity contribution in [2.45, 2.75) is 13.3 Å². The summed E-state index contributed by atoms with van der Waals surface area (Å²) < 4.78 is 11.1. The van der Waals surface area contributed by atoms with Crippen LogP contribution >= 0.6 is 11.6 Å². The number of hydrogen-bond acceptors (Lipinski definition) is 6. The number of benzene rings is 2. The highest BCUT2D eigenvalue weighted by Gasteiger charge is 2.36. The Kier molecular flexibility index (Phi) is 6.66. The van der Waals surface area contributed by atoms with Crippen LogP contribution in [0, 0.1) is 24.2 Å². The molecular weight excluding hydrogens is 456 g/mol. The summed E-state index contributed by atoms with van der Waals surface area (Å²) in [5, 5.41) is 12.6. The summed E-state index contributed by atoms with van der Waals surface area (Å²) in [6.45, 7) is 2.05. The van der Waals surface area contributed by atoms with Gasteiger partial charge in [-0.05, 0) is 61.0 Å². The average Bonchev–Trinajstić information content (AvgIpc) is 3.22. The first-order valence-corrected chi connectivity index (χ1v) is 10.9. The predicted molar refractivity (Wildman–Crippen MR) is 127 cm³/mol. The minimum absolute atomic E-state index is 0.0817. The van der Waals surface area contributed by atoms with Crippen LogP contribution in [0.5, 0.6) is 17.4 Å². The van der Waals surface area contributed by atoms with Crippen LogP contribution in [-0.2, 0) is 9.59 Å². The van der Waals surface area contributed by atoms with Gasteiger partial charge < -0.3 is 19.7 Å². The zero-order chi connectivity index (χ0) is 24.2. The van der Waals surface area contributed by atoms with Crippen molar-refractivity contribution in [3.8, 4) is 23.4 Å². The molecule has 1 fully saturated rings. The van der Waals surface area contributed by atoms with Crippen molar-refractivity contribution in [2.24, 2.45) is 5.92 Å². The van der Waals surface area contributed by atoms with Crippen LogP contribution < -0.4 is 19.7 Å². The number of amides is 2. The first kappa shape index (κ1) is 23.1. The Morgan fingerprint density at radius 2 is 2.09 bits per heavy atom. The number of nitrogens with one attached hydrogen (secondary N) is 1. The SMILES string of the molecule is COc1ccc(Cl)cc1N1CC(C(=O)Nc2ccc(Oc3ncccc3C#N)cc2C)CC1=O. The van der Waals surface area contributed by atoms with Crippen LogP contribution in [0.3, 0.4) is 0 Å². The molecule has 1 aliphatic heterocycles. The number of nitriles is 1. The number of carbonyl (C=O) groups excluding carboxylic acids is 2. The van der Waals surface area contributed by atoms with E-state index in [1.165, 1.54) is 12.0 Å². The number of anilines is 2. The van der Waals surface area contributed by atoms with Gasteiger partial charge in [-0.1, -0.05) is 11.6 Å². The van der Waals surface area contributed by atoms with E-state index in [2.05, 4.69) is 10.3 Å². The highest BCUT2D eigenvalue weighted by molar-refractivity contribution is 6.31. The molecule has 9 heteroatoms. The highest BCUT2D eigenvalue weighted by Crippen LogP contribution is 2.36.